The fourth-order valence-corrected chi connectivity index (χ4v) is 3.65. The van der Waals surface area contributed by atoms with E-state index in [0.717, 1.165) is 5.56 Å². The molecule has 7 heteroatoms. The minimum atomic E-state index is -0.562. The van der Waals surface area contributed by atoms with Crippen molar-refractivity contribution in [2.24, 2.45) is 18.9 Å². The number of carbonyl (C=O) groups is 3. The number of esters is 1. The van der Waals surface area contributed by atoms with Gasteiger partial charge in [0.2, 0.25) is 5.91 Å². The van der Waals surface area contributed by atoms with Crippen LogP contribution >= 0.6 is 0 Å². The molecule has 2 heterocycles. The number of ketones is 1. The van der Waals surface area contributed by atoms with Gasteiger partial charge in [0, 0.05) is 45.1 Å². The molecule has 1 aromatic heterocycles. The largest absolute Gasteiger partial charge is 0.460 e. The minimum absolute atomic E-state index is 0.0215. The van der Waals surface area contributed by atoms with E-state index in [1.54, 1.807) is 15.8 Å². The summed E-state index contributed by atoms with van der Waals surface area (Å²) >= 11 is 0. The number of nitrogens with zero attached hydrogens (tertiary/aromatic N) is 3. The maximum absolute atomic E-state index is 12.8. The summed E-state index contributed by atoms with van der Waals surface area (Å²) in [5.41, 5.74) is 0.455. The lowest BCUT2D eigenvalue weighted by atomic mass is 9.80. The first-order chi connectivity index (χ1) is 12.1. The van der Waals surface area contributed by atoms with Crippen LogP contribution < -0.4 is 0 Å². The molecule has 1 saturated carbocycles. The first kappa shape index (κ1) is 18.6. The van der Waals surface area contributed by atoms with Crippen molar-refractivity contribution in [2.45, 2.75) is 51.6 Å². The van der Waals surface area contributed by atoms with Crippen LogP contribution in [0.2, 0.25) is 0 Å². The van der Waals surface area contributed by atoms with Gasteiger partial charge < -0.3 is 9.64 Å². The molecule has 0 N–H and O–H groups in total. The van der Waals surface area contributed by atoms with E-state index in [1.807, 2.05) is 34.0 Å². The van der Waals surface area contributed by atoms with Gasteiger partial charge in [-0.25, -0.2) is 0 Å². The van der Waals surface area contributed by atoms with Crippen molar-refractivity contribution in [1.29, 1.82) is 0 Å². The Hall–Kier alpha value is -2.18. The quantitative estimate of drug-likeness (QED) is 0.765. The highest BCUT2D eigenvalue weighted by Gasteiger charge is 2.41. The Morgan fingerprint density at radius 2 is 1.88 bits per heavy atom. The fraction of sp³-hybridized carbons (Fsp3) is 0.684. The van der Waals surface area contributed by atoms with E-state index in [2.05, 4.69) is 5.10 Å². The molecule has 0 bridgehead atoms. The number of carbonyl (C=O) groups excluding carboxylic acids is 3. The monoisotopic (exact) mass is 361 g/mol. The average molecular weight is 361 g/mol. The first-order valence-electron chi connectivity index (χ1n) is 9.14. The Bertz CT molecular complexity index is 711. The molecule has 0 aromatic carbocycles. The molecule has 2 atom stereocenters. The number of aryl methyl sites for hydroxylation is 1. The van der Waals surface area contributed by atoms with Crippen molar-refractivity contribution in [1.82, 2.24) is 14.7 Å². The number of amides is 1. The molecule has 1 amide bonds. The van der Waals surface area contributed by atoms with Gasteiger partial charge in [-0.1, -0.05) is 0 Å². The van der Waals surface area contributed by atoms with Gasteiger partial charge >= 0.3 is 5.97 Å². The van der Waals surface area contributed by atoms with Gasteiger partial charge in [-0.2, -0.15) is 5.10 Å². The average Bonchev–Trinajstić information content (AvgIpc) is 2.96. The molecule has 142 valence electrons. The van der Waals surface area contributed by atoms with Crippen LogP contribution in [-0.2, 0) is 26.2 Å². The second kappa shape index (κ2) is 6.85. The van der Waals surface area contributed by atoms with Crippen molar-refractivity contribution in [3.05, 3.63) is 18.0 Å². The number of rotatable bonds is 3. The zero-order valence-electron chi connectivity index (χ0n) is 15.9. The highest BCUT2D eigenvalue weighted by atomic mass is 16.6. The van der Waals surface area contributed by atoms with Gasteiger partial charge in [0.1, 0.15) is 11.4 Å². The van der Waals surface area contributed by atoms with Gasteiger partial charge in [-0.15, -0.1) is 0 Å². The van der Waals surface area contributed by atoms with Crippen molar-refractivity contribution >= 4 is 17.7 Å². The molecule has 1 aromatic rings. The van der Waals surface area contributed by atoms with Crippen LogP contribution in [0.15, 0.2) is 12.4 Å². The lowest BCUT2D eigenvalue weighted by Gasteiger charge is -2.40. The van der Waals surface area contributed by atoms with Crippen LogP contribution in [0.4, 0.5) is 0 Å². The SMILES string of the molecule is Cn1cc(C2CC(C(=O)OC(C)(C)C)CN(C(=O)C3CC(=O)C3)C2)cn1. The van der Waals surface area contributed by atoms with Crippen molar-refractivity contribution < 1.29 is 19.1 Å². The zero-order valence-corrected chi connectivity index (χ0v) is 15.9. The summed E-state index contributed by atoms with van der Waals surface area (Å²) in [6, 6.07) is 0. The van der Waals surface area contributed by atoms with Gasteiger partial charge in [0.25, 0.3) is 0 Å². The normalized spacial score (nSPS) is 24.3. The Labute approximate surface area is 153 Å². The van der Waals surface area contributed by atoms with E-state index in [0.29, 0.717) is 32.4 Å². The fourth-order valence-electron chi connectivity index (χ4n) is 3.65. The minimum Gasteiger partial charge on any atom is -0.460 e. The second-order valence-electron chi connectivity index (χ2n) is 8.50. The summed E-state index contributed by atoms with van der Waals surface area (Å²) in [6.45, 7) is 6.43. The Kier molecular flexibility index (Phi) is 4.90. The summed E-state index contributed by atoms with van der Waals surface area (Å²) in [6.07, 6.45) is 5.00. The van der Waals surface area contributed by atoms with Crippen molar-refractivity contribution in [3.63, 3.8) is 0 Å². The Balaban J connectivity index is 1.77. The number of hydrogen-bond donors (Lipinski definition) is 0. The highest BCUT2D eigenvalue weighted by molar-refractivity contribution is 5.96. The number of hydrogen-bond acceptors (Lipinski definition) is 5. The lowest BCUT2D eigenvalue weighted by molar-refractivity contribution is -0.164. The topological polar surface area (TPSA) is 81.5 Å². The number of ether oxygens (including phenoxy) is 1. The summed E-state index contributed by atoms with van der Waals surface area (Å²) < 4.78 is 7.29. The molecule has 1 aliphatic carbocycles. The number of piperidine rings is 1. The van der Waals surface area contributed by atoms with Gasteiger partial charge in [-0.05, 0) is 32.8 Å². The molecule has 3 rings (SSSR count). The van der Waals surface area contributed by atoms with E-state index >= 15 is 0 Å². The third-order valence-corrected chi connectivity index (χ3v) is 5.00. The summed E-state index contributed by atoms with van der Waals surface area (Å²) in [4.78, 5) is 38.4. The van der Waals surface area contributed by atoms with Crippen molar-refractivity contribution in [3.8, 4) is 0 Å². The van der Waals surface area contributed by atoms with Crippen LogP contribution in [0.1, 0.15) is 51.5 Å². The maximum atomic E-state index is 12.8. The smallest absolute Gasteiger partial charge is 0.311 e. The van der Waals surface area contributed by atoms with Crippen LogP contribution in [0.3, 0.4) is 0 Å². The maximum Gasteiger partial charge on any atom is 0.311 e. The third-order valence-electron chi connectivity index (χ3n) is 5.00. The van der Waals surface area contributed by atoms with Crippen LogP contribution in [-0.4, -0.2) is 51.0 Å². The standard InChI is InChI=1S/C19H27N3O4/c1-19(2,3)26-18(25)14-5-13(15-8-20-21(4)9-15)10-22(11-14)17(24)12-6-16(23)7-12/h8-9,12-14H,5-7,10-11H2,1-4H3. The number of aromatic nitrogens is 2. The van der Waals surface area contributed by atoms with Crippen LogP contribution in [0.25, 0.3) is 0 Å². The number of likely N-dealkylation sites (tertiary alicyclic amines) is 1. The van der Waals surface area contributed by atoms with Gasteiger partial charge in [0.15, 0.2) is 0 Å². The van der Waals surface area contributed by atoms with E-state index in [-0.39, 0.29) is 35.4 Å². The Morgan fingerprint density at radius 1 is 1.19 bits per heavy atom. The zero-order chi connectivity index (χ0) is 19.1. The molecule has 26 heavy (non-hydrogen) atoms. The molecule has 0 spiro atoms. The summed E-state index contributed by atoms with van der Waals surface area (Å²) in [5, 5.41) is 4.22. The molecular formula is C19H27N3O4. The van der Waals surface area contributed by atoms with E-state index in [4.69, 9.17) is 4.74 Å². The van der Waals surface area contributed by atoms with Crippen LogP contribution in [0.5, 0.6) is 0 Å². The third kappa shape index (κ3) is 4.14. The van der Waals surface area contributed by atoms with Crippen molar-refractivity contribution in [2.75, 3.05) is 13.1 Å². The van der Waals surface area contributed by atoms with Gasteiger partial charge in [-0.3, -0.25) is 19.1 Å². The molecule has 1 aliphatic heterocycles. The van der Waals surface area contributed by atoms with Crippen LogP contribution in [0, 0.1) is 11.8 Å². The molecule has 2 fully saturated rings. The molecule has 2 unspecified atom stereocenters. The van der Waals surface area contributed by atoms with E-state index in [1.165, 1.54) is 0 Å². The van der Waals surface area contributed by atoms with E-state index in [9.17, 15) is 14.4 Å². The van der Waals surface area contributed by atoms with E-state index < -0.39 is 5.60 Å². The predicted molar refractivity (Wildman–Crippen MR) is 94.2 cm³/mol. The lowest BCUT2D eigenvalue weighted by Crippen LogP contribution is -2.50. The molecule has 1 saturated heterocycles. The summed E-state index contributed by atoms with van der Waals surface area (Å²) in [7, 11) is 1.85. The second-order valence-corrected chi connectivity index (χ2v) is 8.50. The Morgan fingerprint density at radius 3 is 2.42 bits per heavy atom. The molecule has 2 aliphatic rings. The number of Topliss-reactive ketones (excluding diaryl/α,β-unsaturated/α-hetero) is 1. The summed E-state index contributed by atoms with van der Waals surface area (Å²) in [5.74, 6) is -0.717. The predicted octanol–water partition coefficient (Wildman–Crippen LogP) is 1.67. The molecule has 7 nitrogen and oxygen atoms in total. The molecule has 0 radical (unpaired) electrons. The first-order valence-corrected chi connectivity index (χ1v) is 9.14. The molecular weight excluding hydrogens is 334 g/mol. The highest BCUT2D eigenvalue weighted by Crippen LogP contribution is 2.34. The van der Waals surface area contributed by atoms with Gasteiger partial charge in [0.05, 0.1) is 18.0 Å².